The Morgan fingerprint density at radius 1 is 1.26 bits per heavy atom. The first kappa shape index (κ1) is 21.4. The van der Waals surface area contributed by atoms with E-state index < -0.39 is 28.4 Å². The summed E-state index contributed by atoms with van der Waals surface area (Å²) in [5.74, 6) is -0.556. The Morgan fingerprint density at radius 3 is 2.41 bits per heavy atom. The molecule has 2 aromatic rings. The summed E-state index contributed by atoms with van der Waals surface area (Å²) in [6, 6.07) is 5.13. The van der Waals surface area contributed by atoms with Crippen molar-refractivity contribution in [3.63, 3.8) is 0 Å². The van der Waals surface area contributed by atoms with Crippen LogP contribution in [0.4, 0.5) is 13.2 Å². The monoisotopic (exact) mass is 405 g/mol. The van der Waals surface area contributed by atoms with Crippen LogP contribution in [0.2, 0.25) is 0 Å². The van der Waals surface area contributed by atoms with Crippen LogP contribution < -0.4 is 0 Å². The van der Waals surface area contributed by atoms with Gasteiger partial charge in [-0.15, -0.1) is 0 Å². The molecule has 150 valence electrons. The molecule has 0 aliphatic heterocycles. The van der Waals surface area contributed by atoms with Gasteiger partial charge in [0, 0.05) is 25.3 Å². The third-order valence-electron chi connectivity index (χ3n) is 4.19. The van der Waals surface area contributed by atoms with Gasteiger partial charge in [0.1, 0.15) is 10.7 Å². The standard InChI is InChI=1S/C17H22F3N3O3S/c1-11(10-26-4)22(9-14-7-5-6-8-15(14)18)27(24,25)16-12(2)21-23(13(16)3)17(19)20/h5-8,11,17H,9-10H2,1-4H3/t11-/m0/s1. The highest BCUT2D eigenvalue weighted by Gasteiger charge is 2.35. The van der Waals surface area contributed by atoms with Gasteiger partial charge in [-0.2, -0.15) is 18.2 Å². The minimum absolute atomic E-state index is 0.0454. The van der Waals surface area contributed by atoms with Crippen LogP contribution in [0.1, 0.15) is 30.4 Å². The lowest BCUT2D eigenvalue weighted by atomic mass is 10.2. The van der Waals surface area contributed by atoms with Gasteiger partial charge in [0.2, 0.25) is 10.0 Å². The second kappa shape index (κ2) is 8.41. The number of nitrogens with zero attached hydrogens (tertiary/aromatic N) is 3. The number of aromatic nitrogens is 2. The Kier molecular flexibility index (Phi) is 6.66. The van der Waals surface area contributed by atoms with Gasteiger partial charge >= 0.3 is 6.55 Å². The maximum Gasteiger partial charge on any atom is 0.333 e. The van der Waals surface area contributed by atoms with E-state index in [1.807, 2.05) is 0 Å². The first-order valence-corrected chi connectivity index (χ1v) is 9.63. The first-order chi connectivity index (χ1) is 12.6. The highest BCUT2D eigenvalue weighted by Crippen LogP contribution is 2.29. The number of rotatable bonds is 8. The number of ether oxygens (including phenoxy) is 1. The Bertz CT molecular complexity index is 900. The van der Waals surface area contributed by atoms with E-state index in [1.54, 1.807) is 13.0 Å². The molecule has 0 bridgehead atoms. The van der Waals surface area contributed by atoms with Crippen molar-refractivity contribution in [1.29, 1.82) is 0 Å². The molecule has 0 fully saturated rings. The zero-order chi connectivity index (χ0) is 20.4. The lowest BCUT2D eigenvalue weighted by Gasteiger charge is -2.28. The number of sulfonamides is 1. The van der Waals surface area contributed by atoms with Crippen molar-refractivity contribution in [2.24, 2.45) is 0 Å². The molecule has 10 heteroatoms. The van der Waals surface area contributed by atoms with E-state index in [9.17, 15) is 21.6 Å². The molecule has 0 unspecified atom stereocenters. The summed E-state index contributed by atoms with van der Waals surface area (Å²) in [4.78, 5) is -0.304. The Balaban J connectivity index is 2.56. The van der Waals surface area contributed by atoms with E-state index in [-0.39, 0.29) is 35.0 Å². The summed E-state index contributed by atoms with van der Waals surface area (Å²) < 4.78 is 73.4. The molecule has 0 saturated heterocycles. The Labute approximate surface area is 156 Å². The van der Waals surface area contributed by atoms with E-state index >= 15 is 0 Å². The predicted octanol–water partition coefficient (Wildman–Crippen LogP) is 3.26. The number of methoxy groups -OCH3 is 1. The average Bonchev–Trinajstić information content (AvgIpc) is 2.89. The quantitative estimate of drug-likeness (QED) is 0.676. The number of hydrogen-bond acceptors (Lipinski definition) is 4. The van der Waals surface area contributed by atoms with Gasteiger partial charge in [-0.05, 0) is 26.8 Å². The summed E-state index contributed by atoms with van der Waals surface area (Å²) in [7, 11) is -2.83. The molecule has 0 aliphatic rings. The number of halogens is 3. The van der Waals surface area contributed by atoms with Gasteiger partial charge in [0.05, 0.1) is 18.0 Å². The molecular weight excluding hydrogens is 383 g/mol. The molecular formula is C17H22F3N3O3S. The van der Waals surface area contributed by atoms with Crippen LogP contribution in [-0.4, -0.2) is 42.3 Å². The van der Waals surface area contributed by atoms with E-state index in [2.05, 4.69) is 5.10 Å². The molecule has 0 N–H and O–H groups in total. The van der Waals surface area contributed by atoms with E-state index in [0.717, 1.165) is 4.31 Å². The highest BCUT2D eigenvalue weighted by molar-refractivity contribution is 7.89. The number of benzene rings is 1. The largest absolute Gasteiger partial charge is 0.383 e. The van der Waals surface area contributed by atoms with Crippen molar-refractivity contribution in [1.82, 2.24) is 14.1 Å². The summed E-state index contributed by atoms with van der Waals surface area (Å²) >= 11 is 0. The fraction of sp³-hybridized carbons (Fsp3) is 0.471. The maximum atomic E-state index is 14.1. The first-order valence-electron chi connectivity index (χ1n) is 8.19. The third kappa shape index (κ3) is 4.33. The van der Waals surface area contributed by atoms with Crippen molar-refractivity contribution in [3.8, 4) is 0 Å². The van der Waals surface area contributed by atoms with Gasteiger partial charge in [0.25, 0.3) is 0 Å². The third-order valence-corrected chi connectivity index (χ3v) is 6.41. The molecule has 27 heavy (non-hydrogen) atoms. The molecule has 0 amide bonds. The SMILES string of the molecule is COC[C@H](C)N(Cc1ccccc1F)S(=O)(=O)c1c(C)nn(C(F)F)c1C. The second-order valence-electron chi connectivity index (χ2n) is 6.17. The molecule has 0 aliphatic carbocycles. The van der Waals surface area contributed by atoms with Crippen LogP contribution in [0.15, 0.2) is 29.2 Å². The minimum Gasteiger partial charge on any atom is -0.383 e. The number of alkyl halides is 2. The number of aryl methyl sites for hydroxylation is 1. The molecule has 6 nitrogen and oxygen atoms in total. The normalized spacial score (nSPS) is 13.5. The topological polar surface area (TPSA) is 64.4 Å². The smallest absolute Gasteiger partial charge is 0.333 e. The van der Waals surface area contributed by atoms with E-state index in [4.69, 9.17) is 4.74 Å². The number of hydrogen-bond donors (Lipinski definition) is 0. The molecule has 1 atom stereocenters. The zero-order valence-electron chi connectivity index (χ0n) is 15.5. The molecule has 1 aromatic carbocycles. The van der Waals surface area contributed by atoms with Crippen LogP contribution in [0.5, 0.6) is 0 Å². The summed E-state index contributed by atoms with van der Waals surface area (Å²) in [6.45, 7) is 1.03. The van der Waals surface area contributed by atoms with Crippen molar-refractivity contribution >= 4 is 10.0 Å². The van der Waals surface area contributed by atoms with Gasteiger partial charge < -0.3 is 4.74 Å². The summed E-state index contributed by atoms with van der Waals surface area (Å²) in [6.07, 6.45) is 0. The fourth-order valence-corrected chi connectivity index (χ4v) is 4.88. The van der Waals surface area contributed by atoms with Crippen LogP contribution in [0.25, 0.3) is 0 Å². The van der Waals surface area contributed by atoms with E-state index in [1.165, 1.54) is 39.2 Å². The van der Waals surface area contributed by atoms with Crippen LogP contribution >= 0.6 is 0 Å². The van der Waals surface area contributed by atoms with Crippen molar-refractivity contribution in [2.75, 3.05) is 13.7 Å². The van der Waals surface area contributed by atoms with Crippen LogP contribution in [-0.2, 0) is 21.3 Å². The Morgan fingerprint density at radius 2 is 1.89 bits per heavy atom. The second-order valence-corrected chi connectivity index (χ2v) is 8.00. The lowest BCUT2D eigenvalue weighted by molar-refractivity contribution is 0.0538. The lowest BCUT2D eigenvalue weighted by Crippen LogP contribution is -2.41. The van der Waals surface area contributed by atoms with Crippen molar-refractivity contribution in [3.05, 3.63) is 47.0 Å². The highest BCUT2D eigenvalue weighted by atomic mass is 32.2. The zero-order valence-corrected chi connectivity index (χ0v) is 16.3. The fourth-order valence-electron chi connectivity index (χ4n) is 2.93. The summed E-state index contributed by atoms with van der Waals surface area (Å²) in [5.41, 5.74) is -0.0535. The molecule has 0 spiro atoms. The molecule has 1 heterocycles. The minimum atomic E-state index is -4.24. The summed E-state index contributed by atoms with van der Waals surface area (Å²) in [5, 5.41) is 3.64. The maximum absolute atomic E-state index is 14.1. The van der Waals surface area contributed by atoms with Crippen LogP contribution in [0, 0.1) is 19.7 Å². The Hall–Kier alpha value is -1.91. The molecule has 1 aromatic heterocycles. The molecule has 2 rings (SSSR count). The van der Waals surface area contributed by atoms with Gasteiger partial charge in [0.15, 0.2) is 0 Å². The predicted molar refractivity (Wildman–Crippen MR) is 93.4 cm³/mol. The average molecular weight is 405 g/mol. The molecule has 0 radical (unpaired) electrons. The van der Waals surface area contributed by atoms with Crippen molar-refractivity contribution in [2.45, 2.75) is 44.8 Å². The van der Waals surface area contributed by atoms with Gasteiger partial charge in [-0.25, -0.2) is 17.5 Å². The van der Waals surface area contributed by atoms with Gasteiger partial charge in [-0.3, -0.25) is 0 Å². The molecule has 0 saturated carbocycles. The van der Waals surface area contributed by atoms with E-state index in [0.29, 0.717) is 4.68 Å². The van der Waals surface area contributed by atoms with Crippen molar-refractivity contribution < 1.29 is 26.3 Å². The van der Waals surface area contributed by atoms with Crippen LogP contribution in [0.3, 0.4) is 0 Å². The van der Waals surface area contributed by atoms with Gasteiger partial charge in [-0.1, -0.05) is 18.2 Å².